The number of benzene rings is 1. The van der Waals surface area contributed by atoms with E-state index in [1.807, 2.05) is 38.2 Å². The Labute approximate surface area is 106 Å². The van der Waals surface area contributed by atoms with E-state index >= 15 is 0 Å². The van der Waals surface area contributed by atoms with E-state index in [-0.39, 0.29) is 11.9 Å². The Bertz CT molecular complexity index is 347. The Morgan fingerprint density at radius 2 is 1.94 bits per heavy atom. The quantitative estimate of drug-likeness (QED) is 0.778. The Morgan fingerprint density at radius 1 is 1.38 bits per heavy atom. The lowest BCUT2D eigenvalue weighted by molar-refractivity contribution is 0.0758. The van der Waals surface area contributed by atoms with Crippen molar-refractivity contribution in [1.82, 2.24) is 4.90 Å². The van der Waals surface area contributed by atoms with Crippen LogP contribution in [0, 0.1) is 0 Å². The lowest BCUT2D eigenvalue weighted by Crippen LogP contribution is -2.36. The van der Waals surface area contributed by atoms with Crippen LogP contribution < -0.4 is 0 Å². The number of carbonyl (C=O) groups excluding carboxylic acids is 1. The maximum absolute atomic E-state index is 12.0. The Balaban J connectivity index is 2.80. The van der Waals surface area contributed by atoms with Gasteiger partial charge in [0.05, 0.1) is 0 Å². The molecule has 2 nitrogen and oxygen atoms in total. The highest BCUT2D eigenvalue weighted by Crippen LogP contribution is 2.10. The summed E-state index contributed by atoms with van der Waals surface area (Å²) in [5.41, 5.74) is 2.01. The van der Waals surface area contributed by atoms with Gasteiger partial charge in [0.2, 0.25) is 0 Å². The van der Waals surface area contributed by atoms with Crippen LogP contribution in [-0.2, 0) is 6.42 Å². The molecule has 0 bridgehead atoms. The third kappa shape index (κ3) is 3.08. The highest BCUT2D eigenvalue weighted by atomic mass is 79.9. The number of amides is 1. The summed E-state index contributed by atoms with van der Waals surface area (Å²) in [4.78, 5) is 13.8. The molecule has 1 aromatic carbocycles. The minimum Gasteiger partial charge on any atom is -0.338 e. The van der Waals surface area contributed by atoms with Gasteiger partial charge in [-0.25, -0.2) is 0 Å². The van der Waals surface area contributed by atoms with Gasteiger partial charge in [-0.3, -0.25) is 4.79 Å². The average Bonchev–Trinajstić information content (AvgIpc) is 2.36. The number of aryl methyl sites for hydroxylation is 1. The molecule has 3 heteroatoms. The summed E-state index contributed by atoms with van der Waals surface area (Å²) in [6.07, 6.45) is 1.00. The van der Waals surface area contributed by atoms with Crippen molar-refractivity contribution >= 4 is 21.8 Å². The van der Waals surface area contributed by atoms with Crippen LogP contribution >= 0.6 is 15.9 Å². The van der Waals surface area contributed by atoms with E-state index in [0.29, 0.717) is 0 Å². The zero-order chi connectivity index (χ0) is 12.1. The summed E-state index contributed by atoms with van der Waals surface area (Å²) in [7, 11) is 1.84. The Morgan fingerprint density at radius 3 is 2.38 bits per heavy atom. The molecule has 0 aliphatic rings. The predicted octanol–water partition coefficient (Wildman–Crippen LogP) is 3.10. The van der Waals surface area contributed by atoms with Crippen molar-refractivity contribution < 1.29 is 4.79 Å². The maximum atomic E-state index is 12.0. The van der Waals surface area contributed by atoms with E-state index in [1.165, 1.54) is 5.56 Å². The van der Waals surface area contributed by atoms with Gasteiger partial charge in [-0.2, -0.15) is 0 Å². The van der Waals surface area contributed by atoms with Gasteiger partial charge in [0.15, 0.2) is 0 Å². The number of rotatable bonds is 4. The van der Waals surface area contributed by atoms with Crippen LogP contribution in [0.1, 0.15) is 29.8 Å². The molecule has 0 spiro atoms. The molecule has 16 heavy (non-hydrogen) atoms. The van der Waals surface area contributed by atoms with Gasteiger partial charge in [-0.15, -0.1) is 0 Å². The fourth-order valence-corrected chi connectivity index (χ4v) is 1.82. The van der Waals surface area contributed by atoms with Crippen molar-refractivity contribution in [3.8, 4) is 0 Å². The molecule has 1 unspecified atom stereocenters. The first kappa shape index (κ1) is 13.2. The second kappa shape index (κ2) is 6.04. The molecule has 1 aromatic rings. The summed E-state index contributed by atoms with van der Waals surface area (Å²) >= 11 is 3.39. The van der Waals surface area contributed by atoms with Gasteiger partial charge in [0.1, 0.15) is 0 Å². The second-order valence-corrected chi connectivity index (χ2v) is 4.62. The molecule has 1 atom stereocenters. The molecule has 0 aliphatic heterocycles. The summed E-state index contributed by atoms with van der Waals surface area (Å²) in [5, 5.41) is 0.794. The number of carbonyl (C=O) groups is 1. The van der Waals surface area contributed by atoms with E-state index in [0.717, 1.165) is 17.3 Å². The van der Waals surface area contributed by atoms with Crippen LogP contribution in [0.2, 0.25) is 0 Å². The van der Waals surface area contributed by atoms with E-state index in [2.05, 4.69) is 22.9 Å². The number of nitrogens with zero attached hydrogens (tertiary/aromatic N) is 1. The molecule has 0 N–H and O–H groups in total. The molecule has 1 rings (SSSR count). The molecule has 0 saturated heterocycles. The minimum atomic E-state index is 0.0783. The number of halogens is 1. The number of hydrogen-bond donors (Lipinski definition) is 0. The maximum Gasteiger partial charge on any atom is 0.253 e. The molecule has 88 valence electrons. The molecular formula is C13H18BrNO. The van der Waals surface area contributed by atoms with Gasteiger partial charge in [-0.1, -0.05) is 35.0 Å². The van der Waals surface area contributed by atoms with Gasteiger partial charge in [-0.05, 0) is 31.0 Å². The smallest absolute Gasteiger partial charge is 0.253 e. The predicted molar refractivity (Wildman–Crippen MR) is 71.2 cm³/mol. The molecule has 0 heterocycles. The summed E-state index contributed by atoms with van der Waals surface area (Å²) in [6, 6.07) is 8.04. The monoisotopic (exact) mass is 283 g/mol. The van der Waals surface area contributed by atoms with Gasteiger partial charge in [0.25, 0.3) is 5.91 Å². The van der Waals surface area contributed by atoms with Crippen LogP contribution in [0.5, 0.6) is 0 Å². The third-order valence-corrected chi connectivity index (χ3v) is 3.75. The SMILES string of the molecule is CCc1ccc(C(=O)N(C)C(C)CBr)cc1. The van der Waals surface area contributed by atoms with E-state index in [4.69, 9.17) is 0 Å². The van der Waals surface area contributed by atoms with Crippen LogP contribution in [0.3, 0.4) is 0 Å². The van der Waals surface area contributed by atoms with Crippen molar-refractivity contribution in [2.75, 3.05) is 12.4 Å². The molecule has 0 radical (unpaired) electrons. The van der Waals surface area contributed by atoms with Crippen molar-refractivity contribution in [2.45, 2.75) is 26.3 Å². The lowest BCUT2D eigenvalue weighted by atomic mass is 10.1. The highest BCUT2D eigenvalue weighted by Gasteiger charge is 2.16. The van der Waals surface area contributed by atoms with E-state index in [1.54, 1.807) is 4.90 Å². The van der Waals surface area contributed by atoms with Crippen LogP contribution in [0.25, 0.3) is 0 Å². The zero-order valence-corrected chi connectivity index (χ0v) is 11.6. The van der Waals surface area contributed by atoms with Gasteiger partial charge >= 0.3 is 0 Å². The number of hydrogen-bond acceptors (Lipinski definition) is 1. The highest BCUT2D eigenvalue weighted by molar-refractivity contribution is 9.09. The van der Waals surface area contributed by atoms with Crippen molar-refractivity contribution in [1.29, 1.82) is 0 Å². The van der Waals surface area contributed by atoms with Crippen LogP contribution in [0.4, 0.5) is 0 Å². The van der Waals surface area contributed by atoms with Gasteiger partial charge < -0.3 is 4.90 Å². The largest absolute Gasteiger partial charge is 0.338 e. The van der Waals surface area contributed by atoms with Crippen molar-refractivity contribution in [2.24, 2.45) is 0 Å². The molecule has 0 fully saturated rings. The number of alkyl halides is 1. The molecule has 0 saturated carbocycles. The van der Waals surface area contributed by atoms with Crippen molar-refractivity contribution in [3.05, 3.63) is 35.4 Å². The molecule has 1 amide bonds. The Kier molecular flexibility index (Phi) is 5.00. The van der Waals surface area contributed by atoms with Gasteiger partial charge in [0, 0.05) is 24.0 Å². The summed E-state index contributed by atoms with van der Waals surface area (Å²) in [5.74, 6) is 0.0783. The first-order chi connectivity index (χ1) is 7.60. The normalized spacial score (nSPS) is 12.2. The topological polar surface area (TPSA) is 20.3 Å². The first-order valence-corrected chi connectivity index (χ1v) is 6.64. The van der Waals surface area contributed by atoms with E-state index in [9.17, 15) is 4.79 Å². The van der Waals surface area contributed by atoms with Crippen LogP contribution in [0.15, 0.2) is 24.3 Å². The molecule has 0 aromatic heterocycles. The summed E-state index contributed by atoms with van der Waals surface area (Å²) in [6.45, 7) is 4.13. The molecule has 0 aliphatic carbocycles. The third-order valence-electron chi connectivity index (χ3n) is 2.81. The lowest BCUT2D eigenvalue weighted by Gasteiger charge is -2.23. The minimum absolute atomic E-state index is 0.0783. The van der Waals surface area contributed by atoms with Crippen molar-refractivity contribution in [3.63, 3.8) is 0 Å². The average molecular weight is 284 g/mol. The fraction of sp³-hybridized carbons (Fsp3) is 0.462. The molecular weight excluding hydrogens is 266 g/mol. The standard InChI is InChI=1S/C13H18BrNO/c1-4-11-5-7-12(8-6-11)13(16)15(3)10(2)9-14/h5-8,10H,4,9H2,1-3H3. The Hall–Kier alpha value is -0.830. The summed E-state index contributed by atoms with van der Waals surface area (Å²) < 4.78 is 0. The first-order valence-electron chi connectivity index (χ1n) is 5.52. The van der Waals surface area contributed by atoms with Crippen LogP contribution in [-0.4, -0.2) is 29.2 Å². The second-order valence-electron chi connectivity index (χ2n) is 3.97. The zero-order valence-electron chi connectivity index (χ0n) is 10.0. The van der Waals surface area contributed by atoms with E-state index < -0.39 is 0 Å². The fourth-order valence-electron chi connectivity index (χ4n) is 1.39.